The smallest absolute Gasteiger partial charge is 0.306 e. The van der Waals surface area contributed by atoms with Gasteiger partial charge in [0, 0.05) is 22.0 Å². The van der Waals surface area contributed by atoms with Crippen molar-refractivity contribution in [3.8, 4) is 0 Å². The quantitative estimate of drug-likeness (QED) is 0.784. The van der Waals surface area contributed by atoms with Crippen LogP contribution in [0.25, 0.3) is 10.9 Å². The van der Waals surface area contributed by atoms with Crippen molar-refractivity contribution in [1.29, 1.82) is 0 Å². The number of hydrogen-bond acceptors (Lipinski definition) is 2. The predicted molar refractivity (Wildman–Crippen MR) is 77.7 cm³/mol. The van der Waals surface area contributed by atoms with Gasteiger partial charge in [0.2, 0.25) is 0 Å². The molecule has 1 unspecified atom stereocenters. The Morgan fingerprint density at radius 2 is 2.15 bits per heavy atom. The number of carboxylic acids is 1. The van der Waals surface area contributed by atoms with Gasteiger partial charge in [-0.15, -0.1) is 0 Å². The number of primary amides is 1. The summed E-state index contributed by atoms with van der Waals surface area (Å²) in [6.07, 6.45) is 1.76. The number of aliphatic carboxylic acids is 1. The maximum absolute atomic E-state index is 11.5. The molecule has 1 amide bonds. The molecule has 0 saturated heterocycles. The van der Waals surface area contributed by atoms with E-state index in [-0.39, 0.29) is 5.92 Å². The van der Waals surface area contributed by atoms with E-state index in [0.29, 0.717) is 30.3 Å². The van der Waals surface area contributed by atoms with Gasteiger partial charge in [-0.05, 0) is 30.5 Å². The number of aryl methyl sites for hydroxylation is 1. The Kier molecular flexibility index (Phi) is 3.05. The summed E-state index contributed by atoms with van der Waals surface area (Å²) in [4.78, 5) is 25.8. The number of H-pyrrole nitrogens is 1. The number of carbonyl (C=O) groups is 2. The first-order chi connectivity index (χ1) is 9.49. The number of carbonyl (C=O) groups excluding carboxylic acids is 1. The fraction of sp³-hybridized carbons (Fsp3) is 0.286. The Morgan fingerprint density at radius 3 is 2.80 bits per heavy atom. The van der Waals surface area contributed by atoms with Gasteiger partial charge in [-0.25, -0.2) is 0 Å². The van der Waals surface area contributed by atoms with E-state index in [4.69, 9.17) is 10.8 Å². The predicted octanol–water partition coefficient (Wildman–Crippen LogP) is 2.22. The minimum absolute atomic E-state index is 0.369. The number of fused-ring (bicyclic) bond motifs is 3. The van der Waals surface area contributed by atoms with Gasteiger partial charge in [0.15, 0.2) is 0 Å². The van der Waals surface area contributed by atoms with Gasteiger partial charge in [0.25, 0.3) is 5.91 Å². The molecule has 0 spiro atoms. The van der Waals surface area contributed by atoms with Gasteiger partial charge >= 0.3 is 5.97 Å². The Balaban J connectivity index is 2.22. The number of halogens is 1. The summed E-state index contributed by atoms with van der Waals surface area (Å²) in [5.41, 5.74) is 8.51. The van der Waals surface area contributed by atoms with Crippen LogP contribution in [0.5, 0.6) is 0 Å². The Bertz CT molecular complexity index is 736. The lowest BCUT2D eigenvalue weighted by Gasteiger charge is -2.18. The van der Waals surface area contributed by atoms with Gasteiger partial charge in [0.05, 0.1) is 17.0 Å². The summed E-state index contributed by atoms with van der Waals surface area (Å²) in [5.74, 6) is -1.63. The third kappa shape index (κ3) is 1.91. The molecule has 5 nitrogen and oxygen atoms in total. The number of rotatable bonds is 2. The fourth-order valence-electron chi connectivity index (χ4n) is 2.91. The first kappa shape index (κ1) is 13.2. The lowest BCUT2D eigenvalue weighted by atomic mass is 9.87. The summed E-state index contributed by atoms with van der Waals surface area (Å²) in [5, 5.41) is 10.1. The highest BCUT2D eigenvalue weighted by Crippen LogP contribution is 2.37. The minimum Gasteiger partial charge on any atom is -0.481 e. The molecule has 0 bridgehead atoms. The molecular formula is C14H13BrN2O3. The molecule has 0 aliphatic heterocycles. The second-order valence-electron chi connectivity index (χ2n) is 5.07. The van der Waals surface area contributed by atoms with Crippen LogP contribution in [-0.2, 0) is 17.6 Å². The van der Waals surface area contributed by atoms with E-state index in [9.17, 15) is 9.59 Å². The number of carboxylic acid groups (broad SMARTS) is 1. The van der Waals surface area contributed by atoms with Crippen molar-refractivity contribution >= 4 is 38.7 Å². The molecule has 1 aliphatic carbocycles. The highest BCUT2D eigenvalue weighted by Gasteiger charge is 2.28. The molecule has 1 heterocycles. The van der Waals surface area contributed by atoms with E-state index in [1.807, 2.05) is 0 Å². The zero-order valence-corrected chi connectivity index (χ0v) is 12.2. The van der Waals surface area contributed by atoms with Crippen LogP contribution in [0.2, 0.25) is 0 Å². The normalized spacial score (nSPS) is 17.9. The van der Waals surface area contributed by atoms with E-state index in [2.05, 4.69) is 20.9 Å². The molecule has 0 saturated carbocycles. The number of nitrogens with two attached hydrogens (primary N) is 1. The number of aromatic amines is 1. The highest BCUT2D eigenvalue weighted by atomic mass is 79.9. The monoisotopic (exact) mass is 336 g/mol. The molecule has 20 heavy (non-hydrogen) atoms. The van der Waals surface area contributed by atoms with Crippen LogP contribution in [-0.4, -0.2) is 22.0 Å². The topological polar surface area (TPSA) is 96.2 Å². The van der Waals surface area contributed by atoms with Crippen molar-refractivity contribution in [2.45, 2.75) is 19.3 Å². The maximum Gasteiger partial charge on any atom is 0.306 e. The Labute approximate surface area is 123 Å². The summed E-state index contributed by atoms with van der Waals surface area (Å²) in [7, 11) is 0. The summed E-state index contributed by atoms with van der Waals surface area (Å²) in [6.45, 7) is 0. The van der Waals surface area contributed by atoms with Crippen molar-refractivity contribution in [2.75, 3.05) is 0 Å². The van der Waals surface area contributed by atoms with Crippen molar-refractivity contribution in [3.63, 3.8) is 0 Å². The van der Waals surface area contributed by atoms with Crippen molar-refractivity contribution in [3.05, 3.63) is 33.4 Å². The molecule has 6 heteroatoms. The standard InChI is InChI=1S/C14H13BrN2O3/c15-9-4-3-8(13(16)18)12-11(9)7-2-1-6(14(19)20)5-10(7)17-12/h3-4,6,17H,1-2,5H2,(H2,16,18)(H,19,20). The van der Waals surface area contributed by atoms with Gasteiger partial charge in [-0.2, -0.15) is 0 Å². The lowest BCUT2D eigenvalue weighted by molar-refractivity contribution is -0.142. The number of amides is 1. The van der Waals surface area contributed by atoms with Crippen molar-refractivity contribution < 1.29 is 14.7 Å². The van der Waals surface area contributed by atoms with E-state index in [1.165, 1.54) is 0 Å². The molecule has 3 rings (SSSR count). The molecule has 2 aromatic rings. The van der Waals surface area contributed by atoms with E-state index < -0.39 is 11.9 Å². The zero-order chi connectivity index (χ0) is 14.4. The van der Waals surface area contributed by atoms with Gasteiger partial charge in [0.1, 0.15) is 0 Å². The van der Waals surface area contributed by atoms with Crippen LogP contribution >= 0.6 is 15.9 Å². The number of nitrogens with one attached hydrogen (secondary N) is 1. The number of aromatic nitrogens is 1. The van der Waals surface area contributed by atoms with Crippen LogP contribution < -0.4 is 5.73 Å². The van der Waals surface area contributed by atoms with E-state index >= 15 is 0 Å². The molecule has 0 fully saturated rings. The molecule has 1 aliphatic rings. The number of benzene rings is 1. The molecule has 1 atom stereocenters. The van der Waals surface area contributed by atoms with E-state index in [1.54, 1.807) is 12.1 Å². The molecular weight excluding hydrogens is 324 g/mol. The first-order valence-corrected chi connectivity index (χ1v) is 7.13. The molecule has 1 aromatic heterocycles. The zero-order valence-electron chi connectivity index (χ0n) is 10.6. The maximum atomic E-state index is 11.5. The third-order valence-electron chi connectivity index (χ3n) is 3.90. The molecule has 1 aromatic carbocycles. The minimum atomic E-state index is -0.775. The van der Waals surface area contributed by atoms with Gasteiger partial charge in [-0.3, -0.25) is 9.59 Å². The summed E-state index contributed by atoms with van der Waals surface area (Å²) >= 11 is 3.49. The van der Waals surface area contributed by atoms with Gasteiger partial charge < -0.3 is 15.8 Å². The Morgan fingerprint density at radius 1 is 1.40 bits per heavy atom. The second kappa shape index (κ2) is 4.63. The van der Waals surface area contributed by atoms with Crippen LogP contribution in [0.15, 0.2) is 16.6 Å². The SMILES string of the molecule is NC(=O)c1ccc(Br)c2c3c([nH]c12)CC(C(=O)O)CC3. The van der Waals surface area contributed by atoms with E-state index in [0.717, 1.165) is 21.1 Å². The molecule has 104 valence electrons. The van der Waals surface area contributed by atoms with Gasteiger partial charge in [-0.1, -0.05) is 15.9 Å². The first-order valence-electron chi connectivity index (χ1n) is 6.33. The Hall–Kier alpha value is -1.82. The number of hydrogen-bond donors (Lipinski definition) is 3. The van der Waals surface area contributed by atoms with Crippen molar-refractivity contribution in [1.82, 2.24) is 4.98 Å². The highest BCUT2D eigenvalue weighted by molar-refractivity contribution is 9.10. The summed E-state index contributed by atoms with van der Waals surface area (Å²) < 4.78 is 0.892. The van der Waals surface area contributed by atoms with Crippen LogP contribution in [0.1, 0.15) is 28.0 Å². The average Bonchev–Trinajstić information content (AvgIpc) is 2.77. The van der Waals surface area contributed by atoms with Crippen LogP contribution in [0.4, 0.5) is 0 Å². The van der Waals surface area contributed by atoms with Crippen molar-refractivity contribution in [2.24, 2.45) is 11.7 Å². The summed E-state index contributed by atoms with van der Waals surface area (Å²) in [6, 6.07) is 3.48. The molecule has 4 N–H and O–H groups in total. The lowest BCUT2D eigenvalue weighted by Crippen LogP contribution is -2.21. The third-order valence-corrected chi connectivity index (χ3v) is 4.57. The molecule has 0 radical (unpaired) electrons. The fourth-order valence-corrected chi connectivity index (χ4v) is 3.48. The van der Waals surface area contributed by atoms with Crippen LogP contribution in [0, 0.1) is 5.92 Å². The average molecular weight is 337 g/mol. The second-order valence-corrected chi connectivity index (χ2v) is 5.92. The van der Waals surface area contributed by atoms with Crippen LogP contribution in [0.3, 0.4) is 0 Å². The largest absolute Gasteiger partial charge is 0.481 e.